The average Bonchev–Trinajstić information content (AvgIpc) is 2.17. The van der Waals surface area contributed by atoms with Crippen molar-refractivity contribution in [2.24, 2.45) is 5.73 Å². The zero-order valence-corrected chi connectivity index (χ0v) is 10.4. The van der Waals surface area contributed by atoms with Crippen LogP contribution in [0.3, 0.4) is 0 Å². The van der Waals surface area contributed by atoms with E-state index in [2.05, 4.69) is 0 Å². The van der Waals surface area contributed by atoms with E-state index < -0.39 is 15.2 Å². The van der Waals surface area contributed by atoms with Crippen molar-refractivity contribution in [2.45, 2.75) is 12.3 Å². The first-order valence-corrected chi connectivity index (χ1v) is 7.70. The predicted octanol–water partition coefficient (Wildman–Crippen LogP) is -0.268. The van der Waals surface area contributed by atoms with Crippen molar-refractivity contribution in [3.05, 3.63) is 0 Å². The first kappa shape index (κ1) is 12.8. The summed E-state index contributed by atoms with van der Waals surface area (Å²) < 4.78 is 23.6. The Labute approximate surface area is 94.8 Å². The van der Waals surface area contributed by atoms with E-state index in [0.29, 0.717) is 12.3 Å². The molecule has 7 heteroatoms. The normalized spacial score (nSPS) is 23.9. The summed E-state index contributed by atoms with van der Waals surface area (Å²) in [5.41, 5.74) is 5.31. The molecular formula is C8H17N3O2S2. The third-order valence-corrected chi connectivity index (χ3v) is 5.71. The summed E-state index contributed by atoms with van der Waals surface area (Å²) in [5.74, 6) is 1.66. The van der Waals surface area contributed by atoms with Crippen molar-refractivity contribution >= 4 is 27.4 Å². The highest BCUT2D eigenvalue weighted by Crippen LogP contribution is 2.20. The van der Waals surface area contributed by atoms with Gasteiger partial charge in [0.2, 0.25) is 0 Å². The van der Waals surface area contributed by atoms with Gasteiger partial charge in [0.25, 0.3) is 0 Å². The van der Waals surface area contributed by atoms with Crippen LogP contribution in [-0.4, -0.2) is 54.9 Å². The largest absolute Gasteiger partial charge is 0.387 e. The van der Waals surface area contributed by atoms with Crippen molar-refractivity contribution in [3.8, 4) is 0 Å². The quantitative estimate of drug-likeness (QED) is 0.530. The smallest absolute Gasteiger partial charge is 0.166 e. The van der Waals surface area contributed by atoms with Crippen LogP contribution < -0.4 is 5.73 Å². The Morgan fingerprint density at radius 1 is 1.67 bits per heavy atom. The molecule has 0 spiro atoms. The van der Waals surface area contributed by atoms with Crippen molar-refractivity contribution < 1.29 is 8.42 Å². The van der Waals surface area contributed by atoms with Crippen LogP contribution in [0.1, 0.15) is 6.92 Å². The van der Waals surface area contributed by atoms with Gasteiger partial charge in [-0.2, -0.15) is 11.8 Å². The Balaban J connectivity index is 2.78. The minimum atomic E-state index is -3.06. The van der Waals surface area contributed by atoms with Crippen LogP contribution in [-0.2, 0) is 9.84 Å². The van der Waals surface area contributed by atoms with Gasteiger partial charge in [0.15, 0.2) is 9.84 Å². The highest BCUT2D eigenvalue weighted by molar-refractivity contribution is 8.01. The average molecular weight is 251 g/mol. The highest BCUT2D eigenvalue weighted by Gasteiger charge is 2.32. The van der Waals surface area contributed by atoms with Crippen LogP contribution in [0.2, 0.25) is 0 Å². The van der Waals surface area contributed by atoms with Gasteiger partial charge in [-0.05, 0) is 0 Å². The van der Waals surface area contributed by atoms with Gasteiger partial charge < -0.3 is 5.73 Å². The van der Waals surface area contributed by atoms with E-state index in [1.54, 1.807) is 23.6 Å². The minimum absolute atomic E-state index is 0.0261. The Kier molecular flexibility index (Phi) is 4.42. The van der Waals surface area contributed by atoms with E-state index >= 15 is 0 Å². The van der Waals surface area contributed by atoms with E-state index in [0.717, 1.165) is 5.75 Å². The zero-order chi connectivity index (χ0) is 11.5. The molecule has 1 saturated heterocycles. The molecule has 88 valence electrons. The van der Waals surface area contributed by atoms with Gasteiger partial charge in [0.05, 0.1) is 6.54 Å². The molecule has 15 heavy (non-hydrogen) atoms. The number of nitrogens with two attached hydrogens (primary N) is 1. The number of sulfone groups is 1. The Hall–Kier alpha value is -0.270. The topological polar surface area (TPSA) is 87.2 Å². The van der Waals surface area contributed by atoms with Crippen molar-refractivity contribution in [2.75, 3.05) is 30.3 Å². The lowest BCUT2D eigenvalue weighted by atomic mass is 10.4. The monoisotopic (exact) mass is 251 g/mol. The zero-order valence-electron chi connectivity index (χ0n) is 8.77. The van der Waals surface area contributed by atoms with Gasteiger partial charge in [-0.15, -0.1) is 0 Å². The van der Waals surface area contributed by atoms with Crippen LogP contribution in [0.5, 0.6) is 0 Å². The summed E-state index contributed by atoms with van der Waals surface area (Å²) in [6, 6.07) is 0. The summed E-state index contributed by atoms with van der Waals surface area (Å²) in [5, 5.41) is 6.75. The Morgan fingerprint density at radius 3 is 2.87 bits per heavy atom. The molecule has 0 amide bonds. The fourth-order valence-electron chi connectivity index (χ4n) is 1.54. The molecule has 1 atom stereocenters. The lowest BCUT2D eigenvalue weighted by Crippen LogP contribution is -2.50. The third kappa shape index (κ3) is 3.35. The van der Waals surface area contributed by atoms with Crippen LogP contribution >= 0.6 is 11.8 Å². The van der Waals surface area contributed by atoms with Gasteiger partial charge in [0.1, 0.15) is 11.2 Å². The molecule has 0 saturated carbocycles. The van der Waals surface area contributed by atoms with Crippen LogP contribution in [0, 0.1) is 5.41 Å². The molecule has 0 radical (unpaired) electrons. The lowest BCUT2D eigenvalue weighted by molar-refractivity contribution is 0.306. The first-order valence-electron chi connectivity index (χ1n) is 4.83. The summed E-state index contributed by atoms with van der Waals surface area (Å²) in [6.45, 7) is 2.60. The molecular weight excluding hydrogens is 234 g/mol. The van der Waals surface area contributed by atoms with E-state index in [9.17, 15) is 8.42 Å². The number of thioether (sulfide) groups is 1. The summed E-state index contributed by atoms with van der Waals surface area (Å²) in [6.07, 6.45) is 0. The van der Waals surface area contributed by atoms with Gasteiger partial charge in [0, 0.05) is 23.8 Å². The van der Waals surface area contributed by atoms with Crippen molar-refractivity contribution in [1.82, 2.24) is 4.90 Å². The van der Waals surface area contributed by atoms with Crippen LogP contribution in [0.25, 0.3) is 0 Å². The molecule has 0 aromatic carbocycles. The number of amidine groups is 1. The lowest BCUT2D eigenvalue weighted by Gasteiger charge is -2.34. The molecule has 1 aliphatic heterocycles. The summed E-state index contributed by atoms with van der Waals surface area (Å²) in [7, 11) is -3.06. The SMILES string of the molecule is CCS(=O)(=O)C1CSCCN1CC(=N)N. The molecule has 0 aromatic heterocycles. The van der Waals surface area contributed by atoms with Gasteiger partial charge in [-0.1, -0.05) is 6.92 Å². The summed E-state index contributed by atoms with van der Waals surface area (Å²) in [4.78, 5) is 1.79. The van der Waals surface area contributed by atoms with Gasteiger partial charge in [-0.3, -0.25) is 10.3 Å². The molecule has 3 N–H and O–H groups in total. The minimum Gasteiger partial charge on any atom is -0.387 e. The molecule has 1 heterocycles. The standard InChI is InChI=1S/C8H17N3O2S2/c1-2-15(12,13)8-6-14-4-3-11(8)5-7(9)10/h8H,2-6H2,1H3,(H3,9,10). The van der Waals surface area contributed by atoms with Crippen LogP contribution in [0.15, 0.2) is 0 Å². The molecule has 0 aliphatic carbocycles. The molecule has 1 unspecified atom stereocenters. The number of nitrogens with one attached hydrogen (secondary N) is 1. The molecule has 1 aliphatic rings. The predicted molar refractivity (Wildman–Crippen MR) is 64.1 cm³/mol. The molecule has 1 rings (SSSR count). The van der Waals surface area contributed by atoms with E-state index in [4.69, 9.17) is 11.1 Å². The number of nitrogens with zero attached hydrogens (tertiary/aromatic N) is 1. The Bertz CT molecular complexity index is 329. The van der Waals surface area contributed by atoms with Gasteiger partial charge in [-0.25, -0.2) is 8.42 Å². The van der Waals surface area contributed by atoms with E-state index in [-0.39, 0.29) is 18.1 Å². The van der Waals surface area contributed by atoms with Crippen LogP contribution in [0.4, 0.5) is 0 Å². The van der Waals surface area contributed by atoms with Crippen molar-refractivity contribution in [3.63, 3.8) is 0 Å². The maximum atomic E-state index is 11.8. The van der Waals surface area contributed by atoms with E-state index in [1.165, 1.54) is 0 Å². The second kappa shape index (κ2) is 5.18. The maximum absolute atomic E-state index is 11.8. The molecule has 5 nitrogen and oxygen atoms in total. The van der Waals surface area contributed by atoms with Crippen molar-refractivity contribution in [1.29, 1.82) is 5.41 Å². The fourth-order valence-corrected chi connectivity index (χ4v) is 4.62. The van der Waals surface area contributed by atoms with Gasteiger partial charge >= 0.3 is 0 Å². The number of hydrogen-bond acceptors (Lipinski definition) is 5. The maximum Gasteiger partial charge on any atom is 0.166 e. The number of hydrogen-bond donors (Lipinski definition) is 2. The molecule has 0 aromatic rings. The second-order valence-electron chi connectivity index (χ2n) is 3.48. The summed E-state index contributed by atoms with van der Waals surface area (Å²) >= 11 is 1.64. The Morgan fingerprint density at radius 2 is 2.33 bits per heavy atom. The molecule has 1 fully saturated rings. The second-order valence-corrected chi connectivity index (χ2v) is 7.07. The van der Waals surface area contributed by atoms with E-state index in [1.807, 2.05) is 0 Å². The number of rotatable bonds is 4. The fraction of sp³-hybridized carbons (Fsp3) is 0.875. The first-order chi connectivity index (χ1) is 6.97. The highest BCUT2D eigenvalue weighted by atomic mass is 32.2. The third-order valence-electron chi connectivity index (χ3n) is 2.38. The molecule has 0 bridgehead atoms.